The summed E-state index contributed by atoms with van der Waals surface area (Å²) in [5, 5.41) is 13.2. The maximum absolute atomic E-state index is 9.08. The first kappa shape index (κ1) is 7.61. The molecule has 2 heterocycles. The summed E-state index contributed by atoms with van der Waals surface area (Å²) in [7, 11) is 2.10. The summed E-state index contributed by atoms with van der Waals surface area (Å²) in [6.45, 7) is 2.15. The molecular formula is C8H13N3O. The molecule has 0 bridgehead atoms. The largest absolute Gasteiger partial charge is 0.505 e. The number of nitrogens with zero attached hydrogens (tertiary/aromatic N) is 3. The lowest BCUT2D eigenvalue weighted by Gasteiger charge is -2.09. The molecule has 1 aliphatic rings. The number of likely N-dealkylation sites (tertiary alicyclic amines) is 1. The van der Waals surface area contributed by atoms with Gasteiger partial charge in [-0.1, -0.05) is 0 Å². The van der Waals surface area contributed by atoms with Crippen molar-refractivity contribution in [3.63, 3.8) is 0 Å². The fourth-order valence-corrected chi connectivity index (χ4v) is 1.66. The van der Waals surface area contributed by atoms with E-state index in [4.69, 9.17) is 5.11 Å². The van der Waals surface area contributed by atoms with Crippen molar-refractivity contribution in [3.05, 3.63) is 12.4 Å². The molecular weight excluding hydrogens is 154 g/mol. The van der Waals surface area contributed by atoms with Gasteiger partial charge in [0.1, 0.15) is 0 Å². The van der Waals surface area contributed by atoms with Crippen LogP contribution in [-0.4, -0.2) is 39.9 Å². The minimum Gasteiger partial charge on any atom is -0.505 e. The van der Waals surface area contributed by atoms with Crippen molar-refractivity contribution in [3.8, 4) is 5.75 Å². The van der Waals surface area contributed by atoms with Gasteiger partial charge in [0.15, 0.2) is 5.75 Å². The van der Waals surface area contributed by atoms with E-state index in [1.54, 1.807) is 6.20 Å². The van der Waals surface area contributed by atoms with Crippen molar-refractivity contribution >= 4 is 0 Å². The van der Waals surface area contributed by atoms with Crippen LogP contribution >= 0.6 is 0 Å². The van der Waals surface area contributed by atoms with E-state index in [1.807, 2.05) is 4.68 Å². The smallest absolute Gasteiger partial charge is 0.153 e. The predicted octanol–water partition coefficient (Wildman–Crippen LogP) is 0.465. The molecule has 2 rings (SSSR count). The topological polar surface area (TPSA) is 41.3 Å². The van der Waals surface area contributed by atoms with Gasteiger partial charge in [-0.15, -0.1) is 0 Å². The van der Waals surface area contributed by atoms with Crippen molar-refractivity contribution < 1.29 is 5.11 Å². The highest BCUT2D eigenvalue weighted by Gasteiger charge is 2.21. The summed E-state index contributed by atoms with van der Waals surface area (Å²) >= 11 is 0. The van der Waals surface area contributed by atoms with Crippen LogP contribution in [0.3, 0.4) is 0 Å². The number of hydrogen-bond donors (Lipinski definition) is 1. The molecule has 1 aromatic heterocycles. The van der Waals surface area contributed by atoms with Gasteiger partial charge in [0.05, 0.1) is 18.4 Å². The van der Waals surface area contributed by atoms with Gasteiger partial charge >= 0.3 is 0 Å². The third-order valence-electron chi connectivity index (χ3n) is 2.33. The molecule has 12 heavy (non-hydrogen) atoms. The van der Waals surface area contributed by atoms with E-state index >= 15 is 0 Å². The second kappa shape index (κ2) is 2.79. The highest BCUT2D eigenvalue weighted by atomic mass is 16.3. The molecule has 1 N–H and O–H groups in total. The molecule has 1 unspecified atom stereocenters. The number of aromatic hydroxyl groups is 1. The molecule has 0 radical (unpaired) electrons. The van der Waals surface area contributed by atoms with Crippen LogP contribution in [0.25, 0.3) is 0 Å². The molecule has 1 aliphatic heterocycles. The van der Waals surface area contributed by atoms with Crippen LogP contribution in [0.4, 0.5) is 0 Å². The van der Waals surface area contributed by atoms with Gasteiger partial charge in [-0.05, 0) is 20.0 Å². The highest BCUT2D eigenvalue weighted by molar-refractivity contribution is 5.09. The van der Waals surface area contributed by atoms with E-state index in [-0.39, 0.29) is 5.75 Å². The van der Waals surface area contributed by atoms with Crippen LogP contribution in [0.5, 0.6) is 5.75 Å². The van der Waals surface area contributed by atoms with E-state index in [9.17, 15) is 0 Å². The van der Waals surface area contributed by atoms with Gasteiger partial charge in [-0.25, -0.2) is 0 Å². The van der Waals surface area contributed by atoms with E-state index in [1.165, 1.54) is 6.20 Å². The van der Waals surface area contributed by atoms with E-state index in [0.717, 1.165) is 19.5 Å². The number of hydrogen-bond acceptors (Lipinski definition) is 3. The van der Waals surface area contributed by atoms with Crippen LogP contribution in [0.1, 0.15) is 12.5 Å². The average molecular weight is 167 g/mol. The van der Waals surface area contributed by atoms with Gasteiger partial charge in [0, 0.05) is 6.54 Å². The lowest BCUT2D eigenvalue weighted by molar-refractivity contribution is 0.381. The molecule has 0 amide bonds. The van der Waals surface area contributed by atoms with Crippen LogP contribution in [0.2, 0.25) is 0 Å². The molecule has 0 aliphatic carbocycles. The molecule has 0 aromatic carbocycles. The van der Waals surface area contributed by atoms with Crippen molar-refractivity contribution in [1.82, 2.24) is 14.7 Å². The molecule has 66 valence electrons. The quantitative estimate of drug-likeness (QED) is 0.661. The summed E-state index contributed by atoms with van der Waals surface area (Å²) in [5.74, 6) is 0.254. The summed E-state index contributed by atoms with van der Waals surface area (Å²) in [5.41, 5.74) is 0. The second-order valence-corrected chi connectivity index (χ2v) is 3.38. The summed E-state index contributed by atoms with van der Waals surface area (Å²) < 4.78 is 1.85. The molecule has 0 saturated carbocycles. The minimum absolute atomic E-state index is 0.254. The van der Waals surface area contributed by atoms with Crippen molar-refractivity contribution in [2.45, 2.75) is 12.5 Å². The molecule has 4 heteroatoms. The molecule has 1 atom stereocenters. The monoisotopic (exact) mass is 167 g/mol. The fraction of sp³-hybridized carbons (Fsp3) is 0.625. The Balaban J connectivity index is 2.11. The average Bonchev–Trinajstić information content (AvgIpc) is 2.58. The maximum Gasteiger partial charge on any atom is 0.153 e. The van der Waals surface area contributed by atoms with E-state index in [0.29, 0.717) is 6.04 Å². The second-order valence-electron chi connectivity index (χ2n) is 3.38. The van der Waals surface area contributed by atoms with Gasteiger partial charge in [0.25, 0.3) is 0 Å². The van der Waals surface area contributed by atoms with Gasteiger partial charge < -0.3 is 10.0 Å². The molecule has 0 spiro atoms. The van der Waals surface area contributed by atoms with Crippen molar-refractivity contribution in [2.24, 2.45) is 0 Å². The summed E-state index contributed by atoms with van der Waals surface area (Å²) in [6.07, 6.45) is 4.29. The Bertz CT molecular complexity index is 271. The van der Waals surface area contributed by atoms with Gasteiger partial charge in [-0.3, -0.25) is 4.68 Å². The Labute approximate surface area is 71.4 Å². The summed E-state index contributed by atoms with van der Waals surface area (Å²) in [6, 6.07) is 0.441. The third-order valence-corrected chi connectivity index (χ3v) is 2.33. The lowest BCUT2D eigenvalue weighted by Crippen LogP contribution is -2.16. The number of aromatic nitrogens is 2. The molecule has 1 aromatic rings. The van der Waals surface area contributed by atoms with E-state index in [2.05, 4.69) is 17.0 Å². The number of rotatable bonds is 1. The van der Waals surface area contributed by atoms with Crippen LogP contribution in [0.15, 0.2) is 12.4 Å². The molecule has 4 nitrogen and oxygen atoms in total. The zero-order valence-electron chi connectivity index (χ0n) is 7.14. The fourth-order valence-electron chi connectivity index (χ4n) is 1.66. The van der Waals surface area contributed by atoms with Gasteiger partial charge in [0.2, 0.25) is 0 Å². The first-order valence-corrected chi connectivity index (χ1v) is 4.17. The van der Waals surface area contributed by atoms with Crippen molar-refractivity contribution in [2.75, 3.05) is 20.1 Å². The predicted molar refractivity (Wildman–Crippen MR) is 45.0 cm³/mol. The van der Waals surface area contributed by atoms with Crippen LogP contribution < -0.4 is 0 Å². The van der Waals surface area contributed by atoms with Crippen LogP contribution in [-0.2, 0) is 0 Å². The first-order chi connectivity index (χ1) is 5.75. The molecule has 1 saturated heterocycles. The zero-order valence-corrected chi connectivity index (χ0v) is 7.14. The standard InChI is InChI=1S/C8H13N3O/c1-10-3-2-7(5-10)11-6-8(12)4-9-11/h4,6-7,12H,2-3,5H2,1H3. The zero-order chi connectivity index (χ0) is 8.55. The summed E-state index contributed by atoms with van der Waals surface area (Å²) in [4.78, 5) is 2.27. The normalized spacial score (nSPS) is 24.9. The Kier molecular flexibility index (Phi) is 1.77. The third kappa shape index (κ3) is 1.30. The van der Waals surface area contributed by atoms with Gasteiger partial charge in [-0.2, -0.15) is 5.10 Å². The maximum atomic E-state index is 9.08. The Morgan fingerprint density at radius 1 is 1.67 bits per heavy atom. The minimum atomic E-state index is 0.254. The lowest BCUT2D eigenvalue weighted by atomic mass is 10.3. The molecule has 1 fully saturated rings. The Morgan fingerprint density at radius 2 is 2.50 bits per heavy atom. The van der Waals surface area contributed by atoms with E-state index < -0.39 is 0 Å². The highest BCUT2D eigenvalue weighted by Crippen LogP contribution is 2.20. The van der Waals surface area contributed by atoms with Crippen LogP contribution in [0, 0.1) is 0 Å². The SMILES string of the molecule is CN1CCC(n2cc(O)cn2)C1. The Morgan fingerprint density at radius 3 is 3.00 bits per heavy atom. The number of likely N-dealkylation sites (N-methyl/N-ethyl adjacent to an activating group) is 1. The van der Waals surface area contributed by atoms with Crippen molar-refractivity contribution in [1.29, 1.82) is 0 Å². The first-order valence-electron chi connectivity index (χ1n) is 4.17. The Hall–Kier alpha value is -1.03.